The maximum atomic E-state index is 11.5. The molecule has 0 saturated heterocycles. The van der Waals surface area contributed by atoms with E-state index in [4.69, 9.17) is 0 Å². The topological polar surface area (TPSA) is 35.5 Å². The number of ether oxygens (including phenoxy) is 2. The van der Waals surface area contributed by atoms with Crippen molar-refractivity contribution in [2.24, 2.45) is 0 Å². The highest BCUT2D eigenvalue weighted by Crippen LogP contribution is 1.94. The van der Waals surface area contributed by atoms with Gasteiger partial charge in [-0.1, -0.05) is 0 Å². The molecule has 0 unspecified atom stereocenters. The van der Waals surface area contributed by atoms with Gasteiger partial charge in [-0.15, -0.1) is 0 Å². The largest absolute Gasteiger partial charge is 0.377 e. The summed E-state index contributed by atoms with van der Waals surface area (Å²) in [6.45, 7) is -0.565. The molecule has 0 aromatic carbocycles. The van der Waals surface area contributed by atoms with Crippen LogP contribution in [-0.4, -0.2) is 39.1 Å². The van der Waals surface area contributed by atoms with Crippen molar-refractivity contribution >= 4 is 5.78 Å². The second kappa shape index (κ2) is 7.12. The van der Waals surface area contributed by atoms with E-state index >= 15 is 0 Å². The molecular formula is C7H12F2O3. The number of carbonyl (C=O) groups is 1. The van der Waals surface area contributed by atoms with Gasteiger partial charge in [-0.05, 0) is 0 Å². The summed E-state index contributed by atoms with van der Waals surface area (Å²) in [7, 11) is 1.40. The van der Waals surface area contributed by atoms with Crippen molar-refractivity contribution in [3.63, 3.8) is 0 Å². The van der Waals surface area contributed by atoms with E-state index in [2.05, 4.69) is 9.47 Å². The predicted molar refractivity (Wildman–Crippen MR) is 38.3 cm³/mol. The number of ketones is 1. The van der Waals surface area contributed by atoms with Crippen molar-refractivity contribution in [3.05, 3.63) is 0 Å². The van der Waals surface area contributed by atoms with Crippen molar-refractivity contribution in [2.45, 2.75) is 12.8 Å². The molecule has 0 fully saturated rings. The van der Waals surface area contributed by atoms with Gasteiger partial charge in [-0.25, -0.2) is 8.78 Å². The van der Waals surface area contributed by atoms with Gasteiger partial charge in [0.1, 0.15) is 13.2 Å². The van der Waals surface area contributed by atoms with Crippen molar-refractivity contribution in [3.8, 4) is 0 Å². The van der Waals surface area contributed by atoms with Gasteiger partial charge in [-0.3, -0.25) is 4.79 Å². The second-order valence-corrected chi connectivity index (χ2v) is 2.19. The minimum Gasteiger partial charge on any atom is -0.377 e. The van der Waals surface area contributed by atoms with Crippen LogP contribution in [0.4, 0.5) is 8.78 Å². The predicted octanol–water partition coefficient (Wildman–Crippen LogP) is 0.874. The number of hydrogen-bond donors (Lipinski definition) is 0. The van der Waals surface area contributed by atoms with E-state index in [9.17, 15) is 13.6 Å². The van der Waals surface area contributed by atoms with E-state index < -0.39 is 13.0 Å². The van der Waals surface area contributed by atoms with Crippen molar-refractivity contribution in [1.82, 2.24) is 0 Å². The first-order valence-electron chi connectivity index (χ1n) is 3.53. The summed E-state index contributed by atoms with van der Waals surface area (Å²) in [5, 5.41) is 0. The van der Waals surface area contributed by atoms with Gasteiger partial charge in [0.25, 0.3) is 6.43 Å². The van der Waals surface area contributed by atoms with E-state index in [1.165, 1.54) is 7.11 Å². The third-order valence-electron chi connectivity index (χ3n) is 1.07. The highest BCUT2D eigenvalue weighted by Gasteiger charge is 2.04. The summed E-state index contributed by atoms with van der Waals surface area (Å²) in [4.78, 5) is 10.7. The second-order valence-electron chi connectivity index (χ2n) is 2.19. The van der Waals surface area contributed by atoms with Crippen molar-refractivity contribution in [1.29, 1.82) is 0 Å². The Morgan fingerprint density at radius 2 is 2.17 bits per heavy atom. The molecule has 0 aliphatic carbocycles. The molecule has 0 spiro atoms. The molecule has 0 radical (unpaired) electrons. The monoisotopic (exact) mass is 182 g/mol. The average Bonchev–Trinajstić information content (AvgIpc) is 1.98. The molecule has 0 heterocycles. The molecule has 0 saturated carbocycles. The van der Waals surface area contributed by atoms with Crippen LogP contribution < -0.4 is 0 Å². The van der Waals surface area contributed by atoms with Gasteiger partial charge in [-0.2, -0.15) is 0 Å². The first-order chi connectivity index (χ1) is 5.66. The van der Waals surface area contributed by atoms with Crippen LogP contribution in [0.3, 0.4) is 0 Å². The van der Waals surface area contributed by atoms with Crippen LogP contribution >= 0.6 is 0 Å². The minimum atomic E-state index is -2.47. The summed E-state index contributed by atoms with van der Waals surface area (Å²) < 4.78 is 32.0. The number of carbonyl (C=O) groups excluding carboxylic acids is 1. The van der Waals surface area contributed by atoms with Crippen LogP contribution in [0.1, 0.15) is 6.42 Å². The Hall–Kier alpha value is -0.550. The van der Waals surface area contributed by atoms with Crippen LogP contribution in [0.2, 0.25) is 0 Å². The summed E-state index contributed by atoms with van der Waals surface area (Å²) in [6.07, 6.45) is -2.34. The number of alkyl halides is 2. The molecule has 0 aromatic heterocycles. The molecule has 0 amide bonds. The van der Waals surface area contributed by atoms with Crippen LogP contribution in [0.5, 0.6) is 0 Å². The lowest BCUT2D eigenvalue weighted by molar-refractivity contribution is -0.124. The molecular weight excluding hydrogens is 170 g/mol. The Morgan fingerprint density at radius 1 is 1.50 bits per heavy atom. The van der Waals surface area contributed by atoms with Crippen LogP contribution in [0.25, 0.3) is 0 Å². The minimum absolute atomic E-state index is 0.0119. The van der Waals surface area contributed by atoms with Gasteiger partial charge < -0.3 is 9.47 Å². The number of hydrogen-bond acceptors (Lipinski definition) is 3. The Morgan fingerprint density at radius 3 is 2.67 bits per heavy atom. The molecule has 0 aliphatic rings. The standard InChI is InChI=1S/C7H12F2O3/c1-11-4-6(10)2-3-12-5-7(8)9/h7H,2-5H2,1H3. The maximum absolute atomic E-state index is 11.5. The molecule has 0 aromatic rings. The first-order valence-corrected chi connectivity index (χ1v) is 3.53. The van der Waals surface area contributed by atoms with Gasteiger partial charge in [0.05, 0.1) is 6.61 Å². The fraction of sp³-hybridized carbons (Fsp3) is 0.857. The lowest BCUT2D eigenvalue weighted by Gasteiger charge is -2.01. The lowest BCUT2D eigenvalue weighted by Crippen LogP contribution is -2.12. The molecule has 12 heavy (non-hydrogen) atoms. The molecule has 0 aliphatic heterocycles. The zero-order chi connectivity index (χ0) is 9.40. The summed E-state index contributed by atoms with van der Waals surface area (Å²) in [6, 6.07) is 0. The van der Waals surface area contributed by atoms with Gasteiger partial charge in [0.2, 0.25) is 0 Å². The van der Waals surface area contributed by atoms with Gasteiger partial charge in [0, 0.05) is 13.5 Å². The Labute approximate surface area is 69.6 Å². The third kappa shape index (κ3) is 7.56. The summed E-state index contributed by atoms with van der Waals surface area (Å²) >= 11 is 0. The van der Waals surface area contributed by atoms with E-state index in [0.717, 1.165) is 0 Å². The normalized spacial score (nSPS) is 10.7. The van der Waals surface area contributed by atoms with Crippen LogP contribution in [0, 0.1) is 0 Å². The molecule has 72 valence electrons. The fourth-order valence-corrected chi connectivity index (χ4v) is 0.592. The van der Waals surface area contributed by atoms with Gasteiger partial charge in [0.15, 0.2) is 5.78 Å². The van der Waals surface area contributed by atoms with E-state index in [1.54, 1.807) is 0 Å². The molecule has 5 heteroatoms. The lowest BCUT2D eigenvalue weighted by atomic mass is 10.3. The number of methoxy groups -OCH3 is 1. The van der Waals surface area contributed by atoms with Crippen molar-refractivity contribution < 1.29 is 23.0 Å². The quantitative estimate of drug-likeness (QED) is 0.548. The zero-order valence-electron chi connectivity index (χ0n) is 6.89. The molecule has 3 nitrogen and oxygen atoms in total. The van der Waals surface area contributed by atoms with Gasteiger partial charge >= 0.3 is 0 Å². The number of Topliss-reactive ketones (excluding diaryl/α,β-unsaturated/α-hetero) is 1. The third-order valence-corrected chi connectivity index (χ3v) is 1.07. The average molecular weight is 182 g/mol. The Bertz CT molecular complexity index is 128. The maximum Gasteiger partial charge on any atom is 0.261 e. The van der Waals surface area contributed by atoms with E-state index in [-0.39, 0.29) is 25.4 Å². The smallest absolute Gasteiger partial charge is 0.261 e. The molecule has 0 N–H and O–H groups in total. The fourth-order valence-electron chi connectivity index (χ4n) is 0.592. The van der Waals surface area contributed by atoms with E-state index in [1.807, 2.05) is 0 Å². The number of halogens is 2. The zero-order valence-corrected chi connectivity index (χ0v) is 6.89. The molecule has 0 bridgehead atoms. The SMILES string of the molecule is COCC(=O)CCOCC(F)F. The van der Waals surface area contributed by atoms with Crippen LogP contribution in [0.15, 0.2) is 0 Å². The molecule has 0 atom stereocenters. The number of rotatable bonds is 7. The highest BCUT2D eigenvalue weighted by molar-refractivity contribution is 5.79. The molecule has 0 rings (SSSR count). The Kier molecular flexibility index (Phi) is 6.79. The van der Waals surface area contributed by atoms with Crippen molar-refractivity contribution in [2.75, 3.05) is 26.9 Å². The summed E-state index contributed by atoms with van der Waals surface area (Å²) in [5.41, 5.74) is 0. The summed E-state index contributed by atoms with van der Waals surface area (Å²) in [5.74, 6) is -0.147. The van der Waals surface area contributed by atoms with E-state index in [0.29, 0.717) is 0 Å². The first kappa shape index (κ1) is 11.4. The Balaban J connectivity index is 3.14. The van der Waals surface area contributed by atoms with Crippen LogP contribution in [-0.2, 0) is 14.3 Å². The highest BCUT2D eigenvalue weighted by atomic mass is 19.3.